The number of halogens is 1. The van der Waals surface area contributed by atoms with Gasteiger partial charge in [-0.25, -0.2) is 5.43 Å². The van der Waals surface area contributed by atoms with E-state index in [-0.39, 0.29) is 5.91 Å². The molecule has 0 spiro atoms. The van der Waals surface area contributed by atoms with Gasteiger partial charge in [-0.05, 0) is 46.1 Å². The zero-order chi connectivity index (χ0) is 13.7. The van der Waals surface area contributed by atoms with Gasteiger partial charge in [-0.2, -0.15) is 5.10 Å². The van der Waals surface area contributed by atoms with Crippen molar-refractivity contribution in [2.75, 3.05) is 0 Å². The van der Waals surface area contributed by atoms with Crippen LogP contribution in [0.25, 0.3) is 0 Å². The first kappa shape index (κ1) is 13.5. The van der Waals surface area contributed by atoms with Crippen LogP contribution in [0.3, 0.4) is 0 Å². The average Bonchev–Trinajstić information content (AvgIpc) is 2.84. The molecule has 0 aliphatic carbocycles. The molecule has 5 nitrogen and oxygen atoms in total. The molecule has 2 aromatic rings. The number of carbonyl (C=O) groups excluding carboxylic acids is 1. The SMILES string of the molecule is CCc1ccc(C(=O)N/N=C/c2ccc(Br)o2)nc1. The summed E-state index contributed by atoms with van der Waals surface area (Å²) in [7, 11) is 0. The highest BCUT2D eigenvalue weighted by Gasteiger charge is 2.05. The van der Waals surface area contributed by atoms with Gasteiger partial charge < -0.3 is 4.42 Å². The largest absolute Gasteiger partial charge is 0.448 e. The molecule has 2 heterocycles. The number of pyridine rings is 1. The van der Waals surface area contributed by atoms with Gasteiger partial charge in [0, 0.05) is 6.20 Å². The Hall–Kier alpha value is -1.95. The molecule has 6 heteroatoms. The van der Waals surface area contributed by atoms with Gasteiger partial charge in [0.25, 0.3) is 5.91 Å². The van der Waals surface area contributed by atoms with Crippen LogP contribution in [0.1, 0.15) is 28.7 Å². The standard InChI is InChI=1S/C13H12BrN3O2/c1-2-9-3-5-11(15-7-9)13(18)17-16-8-10-4-6-12(14)19-10/h3-8H,2H2,1H3,(H,17,18)/b16-8+. The second-order valence-electron chi connectivity index (χ2n) is 3.75. The van der Waals surface area contributed by atoms with Gasteiger partial charge in [-0.15, -0.1) is 0 Å². The Morgan fingerprint density at radius 2 is 2.32 bits per heavy atom. The lowest BCUT2D eigenvalue weighted by molar-refractivity contribution is 0.0950. The van der Waals surface area contributed by atoms with Gasteiger partial charge in [0.1, 0.15) is 11.5 Å². The van der Waals surface area contributed by atoms with Crippen molar-refractivity contribution in [1.29, 1.82) is 0 Å². The molecule has 19 heavy (non-hydrogen) atoms. The fraction of sp³-hybridized carbons (Fsp3) is 0.154. The summed E-state index contributed by atoms with van der Waals surface area (Å²) in [6.07, 6.45) is 3.99. The fourth-order valence-electron chi connectivity index (χ4n) is 1.38. The molecule has 1 amide bonds. The third-order valence-corrected chi connectivity index (χ3v) is 2.84. The third-order valence-electron chi connectivity index (χ3n) is 2.42. The number of nitrogens with zero attached hydrogens (tertiary/aromatic N) is 2. The molecular formula is C13H12BrN3O2. The second-order valence-corrected chi connectivity index (χ2v) is 4.53. The summed E-state index contributed by atoms with van der Waals surface area (Å²) >= 11 is 3.18. The van der Waals surface area contributed by atoms with Gasteiger partial charge in [0.2, 0.25) is 0 Å². The van der Waals surface area contributed by atoms with Crippen LogP contribution in [-0.2, 0) is 6.42 Å². The Balaban J connectivity index is 1.95. The van der Waals surface area contributed by atoms with Crippen LogP contribution in [-0.4, -0.2) is 17.1 Å². The molecule has 0 aliphatic rings. The van der Waals surface area contributed by atoms with Crippen molar-refractivity contribution < 1.29 is 9.21 Å². The molecule has 0 radical (unpaired) electrons. The molecule has 98 valence electrons. The van der Waals surface area contributed by atoms with Crippen LogP contribution in [0.2, 0.25) is 0 Å². The molecule has 0 bridgehead atoms. The number of aromatic nitrogens is 1. The summed E-state index contributed by atoms with van der Waals surface area (Å²) < 4.78 is 5.81. The minimum Gasteiger partial charge on any atom is -0.448 e. The van der Waals surface area contributed by atoms with Crippen molar-refractivity contribution in [2.45, 2.75) is 13.3 Å². The first-order chi connectivity index (χ1) is 9.19. The molecule has 0 saturated heterocycles. The Kier molecular flexibility index (Phi) is 4.46. The van der Waals surface area contributed by atoms with Crippen LogP contribution in [0.4, 0.5) is 0 Å². The first-order valence-electron chi connectivity index (χ1n) is 5.72. The lowest BCUT2D eigenvalue weighted by Crippen LogP contribution is -2.18. The monoisotopic (exact) mass is 321 g/mol. The zero-order valence-electron chi connectivity index (χ0n) is 10.3. The predicted octanol–water partition coefficient (Wildman–Crippen LogP) is 2.76. The van der Waals surface area contributed by atoms with E-state index in [1.165, 1.54) is 6.21 Å². The Morgan fingerprint density at radius 3 is 2.89 bits per heavy atom. The summed E-state index contributed by atoms with van der Waals surface area (Å²) in [4.78, 5) is 15.8. The Labute approximate surface area is 118 Å². The average molecular weight is 322 g/mol. The van der Waals surface area contributed by atoms with Crippen molar-refractivity contribution in [2.24, 2.45) is 5.10 Å². The Morgan fingerprint density at radius 1 is 1.47 bits per heavy atom. The fourth-order valence-corrected chi connectivity index (χ4v) is 1.70. The van der Waals surface area contributed by atoms with Gasteiger partial charge >= 0.3 is 0 Å². The zero-order valence-corrected chi connectivity index (χ0v) is 11.8. The maximum Gasteiger partial charge on any atom is 0.289 e. The number of hydrogen-bond donors (Lipinski definition) is 1. The van der Waals surface area contributed by atoms with Crippen LogP contribution >= 0.6 is 15.9 Å². The van der Waals surface area contributed by atoms with Crippen molar-refractivity contribution in [3.05, 3.63) is 52.1 Å². The molecular weight excluding hydrogens is 310 g/mol. The number of nitrogens with one attached hydrogen (secondary N) is 1. The van der Waals surface area contributed by atoms with E-state index in [1.807, 2.05) is 13.0 Å². The number of amides is 1. The number of hydrogen-bond acceptors (Lipinski definition) is 4. The van der Waals surface area contributed by atoms with Crippen LogP contribution in [0, 0.1) is 0 Å². The molecule has 2 aromatic heterocycles. The van der Waals surface area contributed by atoms with E-state index in [2.05, 4.69) is 31.4 Å². The second kappa shape index (κ2) is 6.29. The summed E-state index contributed by atoms with van der Waals surface area (Å²) in [6.45, 7) is 2.03. The van der Waals surface area contributed by atoms with Gasteiger partial charge in [-0.1, -0.05) is 13.0 Å². The molecule has 0 fully saturated rings. The summed E-state index contributed by atoms with van der Waals surface area (Å²) in [5.74, 6) is 0.186. The van der Waals surface area contributed by atoms with Gasteiger partial charge in [0.05, 0.1) is 6.21 Å². The van der Waals surface area contributed by atoms with E-state index < -0.39 is 0 Å². The van der Waals surface area contributed by atoms with E-state index in [1.54, 1.807) is 24.4 Å². The van der Waals surface area contributed by atoms with Crippen LogP contribution in [0.5, 0.6) is 0 Å². The maximum atomic E-state index is 11.7. The summed E-state index contributed by atoms with van der Waals surface area (Å²) in [6, 6.07) is 7.02. The smallest absolute Gasteiger partial charge is 0.289 e. The quantitative estimate of drug-likeness (QED) is 0.695. The lowest BCUT2D eigenvalue weighted by Gasteiger charge is -1.99. The molecule has 1 N–H and O–H groups in total. The van der Waals surface area contributed by atoms with Crippen LogP contribution < -0.4 is 5.43 Å². The van der Waals surface area contributed by atoms with E-state index >= 15 is 0 Å². The topological polar surface area (TPSA) is 67.5 Å². The summed E-state index contributed by atoms with van der Waals surface area (Å²) in [5, 5.41) is 3.79. The van der Waals surface area contributed by atoms with E-state index in [0.29, 0.717) is 16.1 Å². The highest BCUT2D eigenvalue weighted by atomic mass is 79.9. The summed E-state index contributed by atoms with van der Waals surface area (Å²) in [5.41, 5.74) is 3.80. The number of furan rings is 1. The highest BCUT2D eigenvalue weighted by Crippen LogP contribution is 2.11. The highest BCUT2D eigenvalue weighted by molar-refractivity contribution is 9.10. The number of hydrazone groups is 1. The number of aryl methyl sites for hydroxylation is 1. The molecule has 0 aliphatic heterocycles. The maximum absolute atomic E-state index is 11.7. The van der Waals surface area contributed by atoms with E-state index in [4.69, 9.17) is 4.42 Å². The Bertz CT molecular complexity index is 590. The van der Waals surface area contributed by atoms with E-state index in [9.17, 15) is 4.79 Å². The number of rotatable bonds is 4. The van der Waals surface area contributed by atoms with Crippen molar-refractivity contribution in [3.63, 3.8) is 0 Å². The minimum atomic E-state index is -0.357. The van der Waals surface area contributed by atoms with Crippen molar-refractivity contribution in [1.82, 2.24) is 10.4 Å². The molecule has 0 saturated carbocycles. The van der Waals surface area contributed by atoms with Gasteiger partial charge in [0.15, 0.2) is 4.67 Å². The predicted molar refractivity (Wildman–Crippen MR) is 75.1 cm³/mol. The van der Waals surface area contributed by atoms with Crippen LogP contribution in [0.15, 0.2) is 44.7 Å². The third kappa shape index (κ3) is 3.75. The number of carbonyl (C=O) groups is 1. The van der Waals surface area contributed by atoms with Gasteiger partial charge in [-0.3, -0.25) is 9.78 Å². The minimum absolute atomic E-state index is 0.329. The molecule has 0 aromatic carbocycles. The molecule has 0 unspecified atom stereocenters. The normalized spacial score (nSPS) is 10.8. The van der Waals surface area contributed by atoms with E-state index in [0.717, 1.165) is 12.0 Å². The molecule has 0 atom stereocenters. The molecule has 2 rings (SSSR count). The lowest BCUT2D eigenvalue weighted by atomic mass is 10.2. The first-order valence-corrected chi connectivity index (χ1v) is 6.52. The van der Waals surface area contributed by atoms with Crippen molar-refractivity contribution in [3.8, 4) is 0 Å². The van der Waals surface area contributed by atoms with Crippen molar-refractivity contribution >= 4 is 28.1 Å².